The lowest BCUT2D eigenvalue weighted by Crippen LogP contribution is -2.45. The van der Waals surface area contributed by atoms with Gasteiger partial charge in [0.15, 0.2) is 0 Å². The van der Waals surface area contributed by atoms with Gasteiger partial charge in [0.05, 0.1) is 0 Å². The summed E-state index contributed by atoms with van der Waals surface area (Å²) >= 11 is 3.46. The summed E-state index contributed by atoms with van der Waals surface area (Å²) in [5.41, 5.74) is 1.89. The quantitative estimate of drug-likeness (QED) is 0.814. The molecule has 0 aliphatic carbocycles. The fraction of sp³-hybridized carbons (Fsp3) is 0.556. The molecule has 1 unspecified atom stereocenters. The highest BCUT2D eigenvalue weighted by Gasteiger charge is 2.24. The molecule has 1 atom stereocenters. The van der Waals surface area contributed by atoms with Gasteiger partial charge in [0.2, 0.25) is 5.91 Å². The summed E-state index contributed by atoms with van der Waals surface area (Å²) < 4.78 is 1.03. The number of nitrogens with zero attached hydrogens (tertiary/aromatic N) is 1. The Bertz CT molecular complexity index is 604. The van der Waals surface area contributed by atoms with Crippen LogP contribution in [0.4, 0.5) is 10.5 Å². The lowest BCUT2D eigenvalue weighted by molar-refractivity contribution is -0.124. The topological polar surface area (TPSA) is 61.4 Å². The van der Waals surface area contributed by atoms with E-state index in [0.29, 0.717) is 19.0 Å². The fourth-order valence-electron chi connectivity index (χ4n) is 2.79. The molecule has 2 rings (SSSR count). The summed E-state index contributed by atoms with van der Waals surface area (Å²) in [6, 6.07) is 5.70. The van der Waals surface area contributed by atoms with Crippen LogP contribution in [0.3, 0.4) is 0 Å². The van der Waals surface area contributed by atoms with E-state index in [4.69, 9.17) is 0 Å². The molecule has 6 heteroatoms. The van der Waals surface area contributed by atoms with Crippen molar-refractivity contribution >= 4 is 33.6 Å². The predicted octanol–water partition coefficient (Wildman–Crippen LogP) is 3.77. The highest BCUT2D eigenvalue weighted by atomic mass is 79.9. The third kappa shape index (κ3) is 5.23. The Labute approximate surface area is 152 Å². The summed E-state index contributed by atoms with van der Waals surface area (Å²) in [5, 5.41) is 5.93. The predicted molar refractivity (Wildman–Crippen MR) is 100 cm³/mol. The molecule has 5 nitrogen and oxygen atoms in total. The Morgan fingerprint density at radius 1 is 1.38 bits per heavy atom. The summed E-state index contributed by atoms with van der Waals surface area (Å²) in [7, 11) is 0. The molecule has 24 heavy (non-hydrogen) atoms. The van der Waals surface area contributed by atoms with E-state index < -0.39 is 0 Å². The van der Waals surface area contributed by atoms with Crippen molar-refractivity contribution in [3.63, 3.8) is 0 Å². The monoisotopic (exact) mass is 395 g/mol. The van der Waals surface area contributed by atoms with Crippen LogP contribution in [-0.2, 0) is 4.79 Å². The molecule has 1 heterocycles. The van der Waals surface area contributed by atoms with Gasteiger partial charge in [0.1, 0.15) is 0 Å². The SMILES string of the molecule is Cc1cc(NC(=O)N2CCCC(CNC(=O)C(C)C)C2)ccc1Br. The maximum absolute atomic E-state index is 12.5. The molecule has 1 saturated heterocycles. The molecule has 1 aromatic carbocycles. The van der Waals surface area contributed by atoms with Gasteiger partial charge in [-0.05, 0) is 49.4 Å². The van der Waals surface area contributed by atoms with Crippen molar-refractivity contribution in [2.24, 2.45) is 11.8 Å². The first-order valence-corrected chi connectivity index (χ1v) is 9.26. The lowest BCUT2D eigenvalue weighted by Gasteiger charge is -2.33. The first-order valence-electron chi connectivity index (χ1n) is 8.46. The van der Waals surface area contributed by atoms with Crippen LogP contribution < -0.4 is 10.6 Å². The molecule has 2 N–H and O–H groups in total. The molecular weight excluding hydrogens is 370 g/mol. The standard InChI is InChI=1S/C18H26BrN3O2/c1-12(2)17(23)20-10-14-5-4-8-22(11-14)18(24)21-15-6-7-16(19)13(3)9-15/h6-7,9,12,14H,4-5,8,10-11H2,1-3H3,(H,20,23)(H,21,24). The van der Waals surface area contributed by atoms with Crippen molar-refractivity contribution in [3.8, 4) is 0 Å². The number of aryl methyl sites for hydroxylation is 1. The molecule has 132 valence electrons. The van der Waals surface area contributed by atoms with Crippen molar-refractivity contribution < 1.29 is 9.59 Å². The maximum Gasteiger partial charge on any atom is 0.321 e. The van der Waals surface area contributed by atoms with Gasteiger partial charge < -0.3 is 15.5 Å². The van der Waals surface area contributed by atoms with Crippen molar-refractivity contribution in [2.75, 3.05) is 25.0 Å². The van der Waals surface area contributed by atoms with Crippen molar-refractivity contribution in [2.45, 2.75) is 33.6 Å². The van der Waals surface area contributed by atoms with Crippen LogP contribution in [-0.4, -0.2) is 36.5 Å². The molecule has 1 aromatic rings. The van der Waals surface area contributed by atoms with E-state index in [1.165, 1.54) is 0 Å². The highest BCUT2D eigenvalue weighted by Crippen LogP contribution is 2.21. The Kier molecular flexibility index (Phi) is 6.66. The Hall–Kier alpha value is -1.56. The van der Waals surface area contributed by atoms with Crippen LogP contribution in [0.1, 0.15) is 32.3 Å². The third-order valence-corrected chi connectivity index (χ3v) is 5.19. The van der Waals surface area contributed by atoms with E-state index in [2.05, 4.69) is 26.6 Å². The molecule has 3 amide bonds. The number of hydrogen-bond acceptors (Lipinski definition) is 2. The first kappa shape index (κ1) is 18.8. The number of benzene rings is 1. The zero-order chi connectivity index (χ0) is 17.7. The van der Waals surface area contributed by atoms with Gasteiger partial charge in [-0.1, -0.05) is 29.8 Å². The zero-order valence-electron chi connectivity index (χ0n) is 14.6. The molecular formula is C18H26BrN3O2. The summed E-state index contributed by atoms with van der Waals surface area (Å²) in [6.45, 7) is 7.84. The first-order chi connectivity index (χ1) is 11.4. The molecule has 0 saturated carbocycles. The van der Waals surface area contributed by atoms with Crippen LogP contribution in [0.25, 0.3) is 0 Å². The number of halogens is 1. The second kappa shape index (κ2) is 8.51. The molecule has 1 fully saturated rings. The smallest absolute Gasteiger partial charge is 0.321 e. The summed E-state index contributed by atoms with van der Waals surface area (Å²) in [5.74, 6) is 0.384. The third-order valence-electron chi connectivity index (χ3n) is 4.30. The number of rotatable bonds is 4. The average Bonchev–Trinajstić information content (AvgIpc) is 2.56. The van der Waals surface area contributed by atoms with Crippen molar-refractivity contribution in [3.05, 3.63) is 28.2 Å². The van der Waals surface area contributed by atoms with E-state index >= 15 is 0 Å². The van der Waals surface area contributed by atoms with Gasteiger partial charge in [0, 0.05) is 35.7 Å². The van der Waals surface area contributed by atoms with Crippen LogP contribution in [0.2, 0.25) is 0 Å². The molecule has 0 bridgehead atoms. The van der Waals surface area contributed by atoms with Gasteiger partial charge >= 0.3 is 6.03 Å². The van der Waals surface area contributed by atoms with E-state index in [9.17, 15) is 9.59 Å². The second-order valence-electron chi connectivity index (χ2n) is 6.75. The minimum atomic E-state index is -0.0726. The molecule has 1 aliphatic rings. The highest BCUT2D eigenvalue weighted by molar-refractivity contribution is 9.10. The van der Waals surface area contributed by atoms with Crippen molar-refractivity contribution in [1.82, 2.24) is 10.2 Å². The average molecular weight is 396 g/mol. The van der Waals surface area contributed by atoms with Crippen molar-refractivity contribution in [1.29, 1.82) is 0 Å². The fourth-order valence-corrected chi connectivity index (χ4v) is 3.04. The number of likely N-dealkylation sites (tertiary alicyclic amines) is 1. The van der Waals surface area contributed by atoms with E-state index in [1.54, 1.807) is 0 Å². The summed E-state index contributed by atoms with van der Waals surface area (Å²) in [6.07, 6.45) is 2.01. The number of urea groups is 1. The van der Waals surface area contributed by atoms with Crippen LogP contribution in [0.15, 0.2) is 22.7 Å². The minimum absolute atomic E-state index is 0.00589. The molecule has 0 radical (unpaired) electrons. The Balaban J connectivity index is 1.87. The summed E-state index contributed by atoms with van der Waals surface area (Å²) in [4.78, 5) is 26.0. The molecule has 0 spiro atoms. The van der Waals surface area contributed by atoms with Crippen LogP contribution in [0, 0.1) is 18.8 Å². The number of carbonyl (C=O) groups excluding carboxylic acids is 2. The zero-order valence-corrected chi connectivity index (χ0v) is 16.1. The number of carbonyl (C=O) groups is 2. The number of piperidine rings is 1. The van der Waals surface area contributed by atoms with E-state index in [1.807, 2.05) is 43.9 Å². The van der Waals surface area contributed by atoms with Gasteiger partial charge in [-0.2, -0.15) is 0 Å². The second-order valence-corrected chi connectivity index (χ2v) is 7.60. The lowest BCUT2D eigenvalue weighted by atomic mass is 9.98. The molecule has 0 aromatic heterocycles. The number of anilines is 1. The molecule has 1 aliphatic heterocycles. The van der Waals surface area contributed by atoms with Crippen LogP contribution in [0.5, 0.6) is 0 Å². The maximum atomic E-state index is 12.5. The van der Waals surface area contributed by atoms with Gasteiger partial charge in [-0.3, -0.25) is 4.79 Å². The van der Waals surface area contributed by atoms with Gasteiger partial charge in [-0.25, -0.2) is 4.79 Å². The van der Waals surface area contributed by atoms with Crippen LogP contribution >= 0.6 is 15.9 Å². The van der Waals surface area contributed by atoms with Gasteiger partial charge in [-0.15, -0.1) is 0 Å². The van der Waals surface area contributed by atoms with E-state index in [0.717, 1.165) is 35.1 Å². The van der Waals surface area contributed by atoms with E-state index in [-0.39, 0.29) is 17.9 Å². The number of nitrogens with one attached hydrogen (secondary N) is 2. The number of amides is 3. The Morgan fingerprint density at radius 2 is 2.12 bits per heavy atom. The largest absolute Gasteiger partial charge is 0.356 e. The number of hydrogen-bond donors (Lipinski definition) is 2. The minimum Gasteiger partial charge on any atom is -0.356 e. The normalized spacial score (nSPS) is 17.7. The van der Waals surface area contributed by atoms with Gasteiger partial charge in [0.25, 0.3) is 0 Å². The Morgan fingerprint density at radius 3 is 2.79 bits per heavy atom.